The van der Waals surface area contributed by atoms with Crippen LogP contribution < -0.4 is 19.1 Å². The summed E-state index contributed by atoms with van der Waals surface area (Å²) in [6.07, 6.45) is 0.201. The zero-order chi connectivity index (χ0) is 22.0. The molecule has 1 atom stereocenters. The number of carbonyl (C=O) groups is 1. The second-order valence-electron chi connectivity index (χ2n) is 7.17. The van der Waals surface area contributed by atoms with Crippen LogP contribution in [0.15, 0.2) is 53.1 Å². The largest absolute Gasteiger partial charge is 0.497 e. The van der Waals surface area contributed by atoms with Crippen molar-refractivity contribution < 1.29 is 19.0 Å². The van der Waals surface area contributed by atoms with Crippen molar-refractivity contribution in [3.05, 3.63) is 58.6 Å². The summed E-state index contributed by atoms with van der Waals surface area (Å²) in [6.45, 7) is 0.403. The quantitative estimate of drug-likeness (QED) is 0.701. The van der Waals surface area contributed by atoms with E-state index < -0.39 is 0 Å². The van der Waals surface area contributed by atoms with E-state index in [-0.39, 0.29) is 18.2 Å². The van der Waals surface area contributed by atoms with Crippen LogP contribution in [0.5, 0.6) is 17.2 Å². The molecule has 0 unspecified atom stereocenters. The number of methoxy groups -OCH3 is 3. The van der Waals surface area contributed by atoms with Gasteiger partial charge in [-0.25, -0.2) is 0 Å². The lowest BCUT2D eigenvalue weighted by Gasteiger charge is -2.42. The van der Waals surface area contributed by atoms with Gasteiger partial charge in [0.1, 0.15) is 17.2 Å². The van der Waals surface area contributed by atoms with E-state index in [2.05, 4.69) is 11.0 Å². The Labute approximate surface area is 185 Å². The van der Waals surface area contributed by atoms with Crippen LogP contribution in [0.3, 0.4) is 0 Å². The number of hydrogen-bond donors (Lipinski definition) is 0. The minimum atomic E-state index is -0.367. The maximum absolute atomic E-state index is 13.2. The highest BCUT2D eigenvalue weighted by molar-refractivity contribution is 8.03. The number of amides is 1. The predicted octanol–water partition coefficient (Wildman–Crippen LogP) is 3.93. The normalized spacial score (nSPS) is 18.4. The summed E-state index contributed by atoms with van der Waals surface area (Å²) in [7, 11) is 4.81. The topological polar surface area (TPSA) is 75.0 Å². The first-order valence-electron chi connectivity index (χ1n) is 9.78. The van der Waals surface area contributed by atoms with Crippen LogP contribution in [0.25, 0.3) is 0 Å². The number of nitriles is 1. The number of rotatable bonds is 5. The number of nitrogens with zero attached hydrogens (tertiary/aromatic N) is 3. The Morgan fingerprint density at radius 1 is 1.03 bits per heavy atom. The van der Waals surface area contributed by atoms with Crippen molar-refractivity contribution in [3.8, 4) is 23.3 Å². The molecule has 1 amide bonds. The smallest absolute Gasteiger partial charge is 0.229 e. The second-order valence-corrected chi connectivity index (χ2v) is 8.10. The summed E-state index contributed by atoms with van der Waals surface area (Å²) in [6, 6.07) is 15.6. The molecule has 2 aromatic carbocycles. The van der Waals surface area contributed by atoms with Crippen LogP contribution in [0.1, 0.15) is 17.9 Å². The standard InChI is InChI=1S/C23H23N3O4S/c1-28-16-6-4-15(5-7-16)25-13-26-22(27)11-18(20(12-24)23(26)31-14-25)19-10-17(29-2)8-9-21(19)30-3/h4-10,18H,11,13-14H2,1-3H3/t18-/m1/s1. The molecule has 160 valence electrons. The van der Waals surface area contributed by atoms with E-state index >= 15 is 0 Å². The molecule has 7 nitrogen and oxygen atoms in total. The van der Waals surface area contributed by atoms with Gasteiger partial charge in [-0.05, 0) is 42.5 Å². The fourth-order valence-electron chi connectivity index (χ4n) is 3.90. The van der Waals surface area contributed by atoms with Gasteiger partial charge in [-0.3, -0.25) is 9.69 Å². The van der Waals surface area contributed by atoms with Gasteiger partial charge in [0.25, 0.3) is 0 Å². The summed E-state index contributed by atoms with van der Waals surface area (Å²) >= 11 is 1.50. The van der Waals surface area contributed by atoms with Crippen molar-refractivity contribution in [3.63, 3.8) is 0 Å². The SMILES string of the molecule is COc1ccc(N2CSC3=C(C#N)[C@@H](c4cc(OC)ccc4OC)CC(=O)N3C2)cc1. The molecule has 31 heavy (non-hydrogen) atoms. The minimum Gasteiger partial charge on any atom is -0.497 e. The van der Waals surface area contributed by atoms with Crippen LogP contribution in [-0.4, -0.2) is 44.7 Å². The van der Waals surface area contributed by atoms with E-state index in [1.807, 2.05) is 36.4 Å². The first kappa shape index (κ1) is 20.9. The van der Waals surface area contributed by atoms with Gasteiger partial charge in [-0.2, -0.15) is 5.26 Å². The van der Waals surface area contributed by atoms with E-state index in [1.54, 1.807) is 32.3 Å². The summed E-state index contributed by atoms with van der Waals surface area (Å²) in [5.41, 5.74) is 2.37. The molecule has 2 heterocycles. The Bertz CT molecular complexity index is 1060. The van der Waals surface area contributed by atoms with Gasteiger partial charge in [-0.15, -0.1) is 0 Å². The van der Waals surface area contributed by atoms with E-state index in [0.717, 1.165) is 22.0 Å². The van der Waals surface area contributed by atoms with Crippen LogP contribution in [0, 0.1) is 11.3 Å². The molecule has 2 aliphatic heterocycles. The summed E-state index contributed by atoms with van der Waals surface area (Å²) in [4.78, 5) is 17.0. The number of hydrogen-bond acceptors (Lipinski definition) is 7. The first-order valence-corrected chi connectivity index (χ1v) is 10.8. The molecular weight excluding hydrogens is 414 g/mol. The minimum absolute atomic E-state index is 0.0189. The zero-order valence-electron chi connectivity index (χ0n) is 17.6. The fraction of sp³-hybridized carbons (Fsp3) is 0.304. The third-order valence-corrected chi connectivity index (χ3v) is 6.70. The number of allylic oxidation sites excluding steroid dienone is 1. The van der Waals surface area contributed by atoms with Gasteiger partial charge < -0.3 is 19.1 Å². The van der Waals surface area contributed by atoms with Crippen molar-refractivity contribution in [2.75, 3.05) is 38.8 Å². The summed E-state index contributed by atoms with van der Waals surface area (Å²) < 4.78 is 16.1. The van der Waals surface area contributed by atoms with Crippen LogP contribution in [-0.2, 0) is 4.79 Å². The monoisotopic (exact) mass is 437 g/mol. The summed E-state index contributed by atoms with van der Waals surface area (Å²) in [5, 5.41) is 10.7. The molecule has 1 fully saturated rings. The fourth-order valence-corrected chi connectivity index (χ4v) is 5.06. The average molecular weight is 438 g/mol. The highest BCUT2D eigenvalue weighted by atomic mass is 32.2. The van der Waals surface area contributed by atoms with Crippen molar-refractivity contribution >= 4 is 23.4 Å². The first-order chi connectivity index (χ1) is 15.1. The number of carbonyl (C=O) groups excluding carboxylic acids is 1. The van der Waals surface area contributed by atoms with Crippen LogP contribution in [0.4, 0.5) is 5.69 Å². The Kier molecular flexibility index (Phi) is 5.96. The molecule has 2 aliphatic rings. The lowest BCUT2D eigenvalue weighted by molar-refractivity contribution is -0.129. The van der Waals surface area contributed by atoms with E-state index in [4.69, 9.17) is 14.2 Å². The summed E-state index contributed by atoms with van der Waals surface area (Å²) in [5.74, 6) is 2.34. The Hall–Kier alpha value is -3.31. The Morgan fingerprint density at radius 3 is 2.39 bits per heavy atom. The van der Waals surface area contributed by atoms with Gasteiger partial charge in [0, 0.05) is 23.6 Å². The average Bonchev–Trinajstić information content (AvgIpc) is 2.83. The molecular formula is C23H23N3O4S. The van der Waals surface area contributed by atoms with E-state index in [1.165, 1.54) is 11.8 Å². The highest BCUT2D eigenvalue weighted by Crippen LogP contribution is 2.46. The van der Waals surface area contributed by atoms with Gasteiger partial charge in [-0.1, -0.05) is 11.8 Å². The Morgan fingerprint density at radius 2 is 1.74 bits per heavy atom. The second kappa shape index (κ2) is 8.82. The van der Waals surface area contributed by atoms with Gasteiger partial charge in [0.2, 0.25) is 5.91 Å². The Balaban J connectivity index is 1.67. The molecule has 0 spiro atoms. The van der Waals surface area contributed by atoms with Crippen molar-refractivity contribution in [1.29, 1.82) is 5.26 Å². The van der Waals surface area contributed by atoms with Crippen LogP contribution in [0.2, 0.25) is 0 Å². The maximum Gasteiger partial charge on any atom is 0.229 e. The van der Waals surface area contributed by atoms with Crippen molar-refractivity contribution in [2.45, 2.75) is 12.3 Å². The third-order valence-electron chi connectivity index (χ3n) is 5.54. The molecule has 4 rings (SSSR count). The van der Waals surface area contributed by atoms with E-state index in [9.17, 15) is 10.1 Å². The van der Waals surface area contributed by atoms with Crippen LogP contribution >= 0.6 is 11.8 Å². The van der Waals surface area contributed by atoms with Crippen molar-refractivity contribution in [2.24, 2.45) is 0 Å². The lowest BCUT2D eigenvalue weighted by Crippen LogP contribution is -2.47. The molecule has 0 N–H and O–H groups in total. The third kappa shape index (κ3) is 3.89. The van der Waals surface area contributed by atoms with Gasteiger partial charge >= 0.3 is 0 Å². The molecule has 0 aromatic heterocycles. The molecule has 2 aromatic rings. The number of thioether (sulfide) groups is 1. The van der Waals surface area contributed by atoms with Gasteiger partial charge in [0.15, 0.2) is 0 Å². The number of anilines is 1. The number of benzene rings is 2. The maximum atomic E-state index is 13.2. The predicted molar refractivity (Wildman–Crippen MR) is 119 cm³/mol. The highest BCUT2D eigenvalue weighted by Gasteiger charge is 2.39. The molecule has 0 aliphatic carbocycles. The molecule has 0 bridgehead atoms. The lowest BCUT2D eigenvalue weighted by atomic mass is 9.86. The molecule has 0 saturated carbocycles. The molecule has 1 saturated heterocycles. The molecule has 0 radical (unpaired) electrons. The number of fused-ring (bicyclic) bond motifs is 1. The van der Waals surface area contributed by atoms with Gasteiger partial charge in [0.05, 0.1) is 50.5 Å². The number of ether oxygens (including phenoxy) is 3. The zero-order valence-corrected chi connectivity index (χ0v) is 18.4. The van der Waals surface area contributed by atoms with Crippen molar-refractivity contribution in [1.82, 2.24) is 4.90 Å². The van der Waals surface area contributed by atoms with E-state index in [0.29, 0.717) is 29.6 Å². The molecule has 8 heteroatoms.